The van der Waals surface area contributed by atoms with E-state index in [-0.39, 0.29) is 6.04 Å². The van der Waals surface area contributed by atoms with E-state index in [2.05, 4.69) is 0 Å². The topological polar surface area (TPSA) is 46.2 Å². The van der Waals surface area contributed by atoms with Crippen molar-refractivity contribution in [3.05, 3.63) is 0 Å². The summed E-state index contributed by atoms with van der Waals surface area (Å²) in [6.45, 7) is 2.29. The Morgan fingerprint density at radius 3 is 2.78 bits per heavy atom. The average Bonchev–Trinajstić information content (AvgIpc) is 1.80. The Bertz CT molecular complexity index is 59.0. The molecule has 0 aromatic heterocycles. The molecule has 0 heterocycles. The number of nitrogens with two attached hydrogens (primary N) is 1. The molecule has 0 spiro atoms. The summed E-state index contributed by atoms with van der Waals surface area (Å²) in [6.07, 6.45) is 0.886. The van der Waals surface area contributed by atoms with Crippen LogP contribution in [0.1, 0.15) is 13.3 Å². The SMILES string of the molecule is C[C@H](N)CSCCCO. The highest BCUT2D eigenvalue weighted by atomic mass is 32.2. The minimum Gasteiger partial charge on any atom is -0.396 e. The minimum absolute atomic E-state index is 0.286. The maximum absolute atomic E-state index is 8.39. The summed E-state index contributed by atoms with van der Waals surface area (Å²) in [6, 6.07) is 0.286. The van der Waals surface area contributed by atoms with Gasteiger partial charge in [-0.1, -0.05) is 0 Å². The number of aliphatic hydroxyl groups is 1. The van der Waals surface area contributed by atoms with Gasteiger partial charge >= 0.3 is 0 Å². The highest BCUT2D eigenvalue weighted by Crippen LogP contribution is 2.02. The summed E-state index contributed by atoms with van der Waals surface area (Å²) in [5.41, 5.74) is 5.49. The van der Waals surface area contributed by atoms with Crippen molar-refractivity contribution in [3.63, 3.8) is 0 Å². The van der Waals surface area contributed by atoms with Crippen LogP contribution >= 0.6 is 11.8 Å². The van der Waals surface area contributed by atoms with Crippen molar-refractivity contribution in [2.45, 2.75) is 19.4 Å². The van der Waals surface area contributed by atoms with Gasteiger partial charge in [0.1, 0.15) is 0 Å². The molecule has 3 heteroatoms. The fourth-order valence-electron chi connectivity index (χ4n) is 0.436. The van der Waals surface area contributed by atoms with Crippen LogP contribution < -0.4 is 5.73 Å². The van der Waals surface area contributed by atoms with E-state index in [0.717, 1.165) is 17.9 Å². The number of thioether (sulfide) groups is 1. The van der Waals surface area contributed by atoms with Gasteiger partial charge in [0.25, 0.3) is 0 Å². The van der Waals surface area contributed by atoms with Crippen molar-refractivity contribution in [1.82, 2.24) is 0 Å². The summed E-state index contributed by atoms with van der Waals surface area (Å²) < 4.78 is 0. The Morgan fingerprint density at radius 2 is 2.33 bits per heavy atom. The molecule has 3 N–H and O–H groups in total. The van der Waals surface area contributed by atoms with Crippen LogP contribution in [-0.4, -0.2) is 29.3 Å². The van der Waals surface area contributed by atoms with E-state index in [4.69, 9.17) is 10.8 Å². The van der Waals surface area contributed by atoms with Crippen molar-refractivity contribution in [2.75, 3.05) is 18.1 Å². The van der Waals surface area contributed by atoms with Crippen molar-refractivity contribution >= 4 is 11.8 Å². The molecular weight excluding hydrogens is 134 g/mol. The second-order valence-electron chi connectivity index (χ2n) is 2.13. The second kappa shape index (κ2) is 6.39. The Hall–Kier alpha value is 0.270. The molecule has 0 radical (unpaired) electrons. The van der Waals surface area contributed by atoms with E-state index in [1.165, 1.54) is 0 Å². The smallest absolute Gasteiger partial charge is 0.0438 e. The molecule has 0 fully saturated rings. The van der Waals surface area contributed by atoms with Crippen LogP contribution in [-0.2, 0) is 0 Å². The van der Waals surface area contributed by atoms with E-state index in [1.807, 2.05) is 6.92 Å². The van der Waals surface area contributed by atoms with Crippen LogP contribution in [0.15, 0.2) is 0 Å². The summed E-state index contributed by atoms with van der Waals surface area (Å²) >= 11 is 1.80. The third kappa shape index (κ3) is 8.27. The lowest BCUT2D eigenvalue weighted by atomic mass is 10.4. The lowest BCUT2D eigenvalue weighted by molar-refractivity contribution is 0.296. The fourth-order valence-corrected chi connectivity index (χ4v) is 1.31. The molecule has 0 rings (SSSR count). The zero-order valence-electron chi connectivity index (χ0n) is 5.84. The Balaban J connectivity index is 2.75. The second-order valence-corrected chi connectivity index (χ2v) is 3.28. The first kappa shape index (κ1) is 9.27. The quantitative estimate of drug-likeness (QED) is 0.558. The number of hydrogen-bond acceptors (Lipinski definition) is 3. The van der Waals surface area contributed by atoms with Gasteiger partial charge in [0, 0.05) is 18.4 Å². The average molecular weight is 149 g/mol. The van der Waals surface area contributed by atoms with Gasteiger partial charge in [-0.3, -0.25) is 0 Å². The lowest BCUT2D eigenvalue weighted by Gasteiger charge is -2.02. The van der Waals surface area contributed by atoms with Crippen molar-refractivity contribution in [3.8, 4) is 0 Å². The Labute approximate surface area is 60.8 Å². The monoisotopic (exact) mass is 149 g/mol. The lowest BCUT2D eigenvalue weighted by Crippen LogP contribution is -2.17. The molecule has 0 saturated heterocycles. The van der Waals surface area contributed by atoms with Gasteiger partial charge in [-0.05, 0) is 19.1 Å². The van der Waals surface area contributed by atoms with Gasteiger partial charge in [0.05, 0.1) is 0 Å². The van der Waals surface area contributed by atoms with Crippen molar-refractivity contribution < 1.29 is 5.11 Å². The largest absolute Gasteiger partial charge is 0.396 e. The molecule has 1 atom stereocenters. The highest BCUT2D eigenvalue weighted by molar-refractivity contribution is 7.99. The maximum Gasteiger partial charge on any atom is 0.0438 e. The van der Waals surface area contributed by atoms with Crippen molar-refractivity contribution in [2.24, 2.45) is 5.73 Å². The molecule has 0 aliphatic heterocycles. The Morgan fingerprint density at radius 1 is 1.67 bits per heavy atom. The first-order valence-electron chi connectivity index (χ1n) is 3.21. The van der Waals surface area contributed by atoms with Gasteiger partial charge in [-0.15, -0.1) is 0 Å². The number of rotatable bonds is 5. The third-order valence-corrected chi connectivity index (χ3v) is 2.17. The van der Waals surface area contributed by atoms with E-state index in [9.17, 15) is 0 Å². The molecule has 2 nitrogen and oxygen atoms in total. The van der Waals surface area contributed by atoms with Gasteiger partial charge in [-0.2, -0.15) is 11.8 Å². The predicted octanol–water partition coefficient (Wildman–Crippen LogP) is 0.449. The molecule has 0 aromatic carbocycles. The van der Waals surface area contributed by atoms with Gasteiger partial charge in [0.15, 0.2) is 0 Å². The first-order chi connectivity index (χ1) is 4.27. The van der Waals surface area contributed by atoms with Crippen LogP contribution in [0, 0.1) is 0 Å². The summed E-state index contributed by atoms with van der Waals surface area (Å²) in [5.74, 6) is 2.03. The normalized spacial score (nSPS) is 13.7. The molecule has 0 saturated carbocycles. The zero-order chi connectivity index (χ0) is 7.11. The summed E-state index contributed by atoms with van der Waals surface area (Å²) in [7, 11) is 0. The van der Waals surface area contributed by atoms with E-state index in [1.54, 1.807) is 11.8 Å². The van der Waals surface area contributed by atoms with E-state index in [0.29, 0.717) is 6.61 Å². The maximum atomic E-state index is 8.39. The third-order valence-electron chi connectivity index (χ3n) is 0.828. The molecule has 56 valence electrons. The van der Waals surface area contributed by atoms with Crippen molar-refractivity contribution in [1.29, 1.82) is 0 Å². The molecular formula is C6H15NOS. The van der Waals surface area contributed by atoms with Gasteiger partial charge < -0.3 is 10.8 Å². The van der Waals surface area contributed by atoms with E-state index >= 15 is 0 Å². The van der Waals surface area contributed by atoms with Crippen LogP contribution in [0.4, 0.5) is 0 Å². The van der Waals surface area contributed by atoms with Crippen LogP contribution in [0.5, 0.6) is 0 Å². The number of aliphatic hydroxyl groups excluding tert-OH is 1. The molecule has 0 aromatic rings. The molecule has 9 heavy (non-hydrogen) atoms. The predicted molar refractivity (Wildman–Crippen MR) is 42.7 cm³/mol. The summed E-state index contributed by atoms with van der Waals surface area (Å²) in [5, 5.41) is 8.39. The molecule has 0 aliphatic rings. The molecule has 0 unspecified atom stereocenters. The zero-order valence-corrected chi connectivity index (χ0v) is 6.66. The standard InChI is InChI=1S/C6H15NOS/c1-6(7)5-9-4-2-3-8/h6,8H,2-5,7H2,1H3/t6-/m0/s1. The highest BCUT2D eigenvalue weighted by Gasteiger charge is 1.92. The molecule has 0 amide bonds. The molecule has 0 aliphatic carbocycles. The van der Waals surface area contributed by atoms with Gasteiger partial charge in [0.2, 0.25) is 0 Å². The molecule has 0 bridgehead atoms. The van der Waals surface area contributed by atoms with Crippen LogP contribution in [0.2, 0.25) is 0 Å². The summed E-state index contributed by atoms with van der Waals surface area (Å²) in [4.78, 5) is 0. The fraction of sp³-hybridized carbons (Fsp3) is 1.00. The van der Waals surface area contributed by atoms with Crippen LogP contribution in [0.25, 0.3) is 0 Å². The first-order valence-corrected chi connectivity index (χ1v) is 4.37. The number of hydrogen-bond donors (Lipinski definition) is 2. The van der Waals surface area contributed by atoms with E-state index < -0.39 is 0 Å². The van der Waals surface area contributed by atoms with Gasteiger partial charge in [-0.25, -0.2) is 0 Å². The Kier molecular flexibility index (Phi) is 6.58. The van der Waals surface area contributed by atoms with Crippen LogP contribution in [0.3, 0.4) is 0 Å². The minimum atomic E-state index is 0.286.